The maximum absolute atomic E-state index is 5.39. The van der Waals surface area contributed by atoms with Gasteiger partial charge in [0.05, 0.1) is 26.0 Å². The summed E-state index contributed by atoms with van der Waals surface area (Å²) >= 11 is 0. The first-order chi connectivity index (χ1) is 13.4. The summed E-state index contributed by atoms with van der Waals surface area (Å²) in [6.45, 7) is 5.77. The summed E-state index contributed by atoms with van der Waals surface area (Å²) in [6.07, 6.45) is 5.98. The highest BCUT2D eigenvalue weighted by Crippen LogP contribution is 2.13. The Labute approximate surface area is 171 Å². The van der Waals surface area contributed by atoms with Crippen molar-refractivity contribution in [3.05, 3.63) is 77.7 Å². The largest absolute Gasteiger partial charge is 0.378 e. The van der Waals surface area contributed by atoms with Crippen LogP contribution in [0.15, 0.2) is 61.1 Å². The summed E-state index contributed by atoms with van der Waals surface area (Å²) in [5, 5.41) is 7.92. The SMILES string of the molecule is Cl.c1ccc(Cn2cc(CNCc3ccc(N4CCOCC4)nc3)cn2)cc1. The van der Waals surface area contributed by atoms with Crippen molar-refractivity contribution in [1.82, 2.24) is 20.1 Å². The van der Waals surface area contributed by atoms with E-state index < -0.39 is 0 Å². The van der Waals surface area contributed by atoms with Gasteiger partial charge in [0.2, 0.25) is 0 Å². The average molecular weight is 400 g/mol. The number of benzene rings is 1. The van der Waals surface area contributed by atoms with Crippen molar-refractivity contribution in [2.75, 3.05) is 31.2 Å². The van der Waals surface area contributed by atoms with E-state index in [4.69, 9.17) is 4.74 Å². The van der Waals surface area contributed by atoms with Gasteiger partial charge in [0.15, 0.2) is 0 Å². The van der Waals surface area contributed by atoms with Crippen LogP contribution in [-0.4, -0.2) is 41.1 Å². The van der Waals surface area contributed by atoms with Crippen LogP contribution >= 0.6 is 12.4 Å². The topological polar surface area (TPSA) is 55.2 Å². The maximum Gasteiger partial charge on any atom is 0.128 e. The van der Waals surface area contributed by atoms with Gasteiger partial charge in [-0.2, -0.15) is 5.10 Å². The van der Waals surface area contributed by atoms with Crippen LogP contribution in [0.1, 0.15) is 16.7 Å². The number of ether oxygens (including phenoxy) is 1. The molecule has 0 unspecified atom stereocenters. The molecule has 0 bridgehead atoms. The van der Waals surface area contributed by atoms with Crippen molar-refractivity contribution in [3.8, 4) is 0 Å². The second kappa shape index (κ2) is 10.2. The Hall–Kier alpha value is -2.41. The van der Waals surface area contributed by atoms with E-state index in [0.717, 1.165) is 51.8 Å². The number of pyridine rings is 1. The highest BCUT2D eigenvalue weighted by atomic mass is 35.5. The first kappa shape index (κ1) is 20.3. The molecule has 1 fully saturated rings. The minimum absolute atomic E-state index is 0. The fourth-order valence-corrected chi connectivity index (χ4v) is 3.21. The van der Waals surface area contributed by atoms with Gasteiger partial charge >= 0.3 is 0 Å². The molecule has 1 saturated heterocycles. The van der Waals surface area contributed by atoms with Crippen LogP contribution in [0, 0.1) is 0 Å². The summed E-state index contributed by atoms with van der Waals surface area (Å²) in [5.74, 6) is 1.03. The summed E-state index contributed by atoms with van der Waals surface area (Å²) < 4.78 is 7.37. The van der Waals surface area contributed by atoms with Crippen LogP contribution in [0.2, 0.25) is 0 Å². The first-order valence-corrected chi connectivity index (χ1v) is 9.40. The first-order valence-electron chi connectivity index (χ1n) is 9.40. The molecule has 3 aromatic rings. The lowest BCUT2D eigenvalue weighted by Gasteiger charge is -2.27. The van der Waals surface area contributed by atoms with Gasteiger partial charge < -0.3 is 15.0 Å². The van der Waals surface area contributed by atoms with E-state index in [0.29, 0.717) is 0 Å². The van der Waals surface area contributed by atoms with E-state index in [1.807, 2.05) is 23.1 Å². The minimum Gasteiger partial charge on any atom is -0.378 e. The molecule has 1 aromatic carbocycles. The summed E-state index contributed by atoms with van der Waals surface area (Å²) in [5.41, 5.74) is 3.62. The van der Waals surface area contributed by atoms with Crippen LogP contribution in [0.4, 0.5) is 5.82 Å². The lowest BCUT2D eigenvalue weighted by Crippen LogP contribution is -2.36. The van der Waals surface area contributed by atoms with E-state index in [-0.39, 0.29) is 12.4 Å². The van der Waals surface area contributed by atoms with Crippen LogP contribution in [0.25, 0.3) is 0 Å². The molecule has 0 amide bonds. The molecule has 1 aliphatic rings. The monoisotopic (exact) mass is 399 g/mol. The zero-order valence-corrected chi connectivity index (χ0v) is 16.6. The van der Waals surface area contributed by atoms with Crippen molar-refractivity contribution >= 4 is 18.2 Å². The molecule has 1 N–H and O–H groups in total. The third kappa shape index (κ3) is 5.55. The second-order valence-electron chi connectivity index (χ2n) is 6.76. The maximum atomic E-state index is 5.39. The molecule has 6 nitrogen and oxygen atoms in total. The normalized spacial score (nSPS) is 13.9. The number of nitrogens with zero attached hydrogens (tertiary/aromatic N) is 4. The van der Waals surface area contributed by atoms with E-state index in [1.165, 1.54) is 16.7 Å². The third-order valence-corrected chi connectivity index (χ3v) is 4.68. The van der Waals surface area contributed by atoms with Crippen LogP contribution in [-0.2, 0) is 24.4 Å². The zero-order valence-electron chi connectivity index (χ0n) is 15.8. The second-order valence-corrected chi connectivity index (χ2v) is 6.76. The predicted molar refractivity (Wildman–Crippen MR) is 113 cm³/mol. The number of rotatable bonds is 7. The van der Waals surface area contributed by atoms with Crippen molar-refractivity contribution in [1.29, 1.82) is 0 Å². The Morgan fingerprint density at radius 1 is 0.893 bits per heavy atom. The summed E-state index contributed by atoms with van der Waals surface area (Å²) in [6, 6.07) is 14.6. The fourth-order valence-electron chi connectivity index (χ4n) is 3.21. The molecule has 3 heterocycles. The lowest BCUT2D eigenvalue weighted by atomic mass is 10.2. The summed E-state index contributed by atoms with van der Waals surface area (Å²) in [4.78, 5) is 6.86. The number of aromatic nitrogens is 3. The molecule has 2 aromatic heterocycles. The molecule has 0 spiro atoms. The molecule has 1 aliphatic heterocycles. The molecule has 0 radical (unpaired) electrons. The van der Waals surface area contributed by atoms with Crippen LogP contribution in [0.5, 0.6) is 0 Å². The van der Waals surface area contributed by atoms with E-state index in [1.54, 1.807) is 0 Å². The molecule has 7 heteroatoms. The van der Waals surface area contributed by atoms with Crippen LogP contribution in [0.3, 0.4) is 0 Å². The molecule has 0 saturated carbocycles. The minimum atomic E-state index is 0. The molecular weight excluding hydrogens is 374 g/mol. The van der Waals surface area contributed by atoms with Gasteiger partial charge in [-0.1, -0.05) is 36.4 Å². The van der Waals surface area contributed by atoms with Crippen molar-refractivity contribution < 1.29 is 4.74 Å². The fraction of sp³-hybridized carbons (Fsp3) is 0.333. The number of hydrogen-bond acceptors (Lipinski definition) is 5. The van der Waals surface area contributed by atoms with E-state index >= 15 is 0 Å². The predicted octanol–water partition coefficient (Wildman–Crippen LogP) is 2.87. The number of halogens is 1. The Kier molecular flexibility index (Phi) is 7.42. The Bertz CT molecular complexity index is 832. The lowest BCUT2D eigenvalue weighted by molar-refractivity contribution is 0.122. The van der Waals surface area contributed by atoms with Gasteiger partial charge in [0, 0.05) is 44.1 Å². The van der Waals surface area contributed by atoms with Gasteiger partial charge in [0.25, 0.3) is 0 Å². The smallest absolute Gasteiger partial charge is 0.128 e. The van der Waals surface area contributed by atoms with Crippen LogP contribution < -0.4 is 10.2 Å². The highest BCUT2D eigenvalue weighted by molar-refractivity contribution is 5.85. The molecule has 0 atom stereocenters. The molecule has 0 aliphatic carbocycles. The summed E-state index contributed by atoms with van der Waals surface area (Å²) in [7, 11) is 0. The number of morpholine rings is 1. The standard InChI is InChI=1S/C21H25N5O.ClH/c1-2-4-18(5-3-1)16-26-17-20(15-24-26)13-22-12-19-6-7-21(23-14-19)25-8-10-27-11-9-25;/h1-7,14-15,17,22H,8-13,16H2;1H. The Balaban J connectivity index is 0.00000225. The van der Waals surface area contributed by atoms with Gasteiger partial charge in [-0.25, -0.2) is 4.98 Å². The number of nitrogens with one attached hydrogen (secondary N) is 1. The molecule has 4 rings (SSSR count). The zero-order chi connectivity index (χ0) is 18.3. The Morgan fingerprint density at radius 3 is 2.43 bits per heavy atom. The number of hydrogen-bond donors (Lipinski definition) is 1. The Morgan fingerprint density at radius 2 is 1.68 bits per heavy atom. The quantitative estimate of drug-likeness (QED) is 0.662. The molecule has 28 heavy (non-hydrogen) atoms. The average Bonchev–Trinajstić information content (AvgIpc) is 3.17. The van der Waals surface area contributed by atoms with Crippen molar-refractivity contribution in [3.63, 3.8) is 0 Å². The molecule has 148 valence electrons. The third-order valence-electron chi connectivity index (χ3n) is 4.68. The van der Waals surface area contributed by atoms with Gasteiger partial charge in [-0.05, 0) is 17.2 Å². The van der Waals surface area contributed by atoms with E-state index in [9.17, 15) is 0 Å². The van der Waals surface area contributed by atoms with Gasteiger partial charge in [-0.15, -0.1) is 12.4 Å². The van der Waals surface area contributed by atoms with Gasteiger partial charge in [-0.3, -0.25) is 4.68 Å². The number of anilines is 1. The van der Waals surface area contributed by atoms with Crippen molar-refractivity contribution in [2.45, 2.75) is 19.6 Å². The highest BCUT2D eigenvalue weighted by Gasteiger charge is 2.11. The molecular formula is C21H26ClN5O. The van der Waals surface area contributed by atoms with Crippen molar-refractivity contribution in [2.24, 2.45) is 0 Å². The van der Waals surface area contributed by atoms with Gasteiger partial charge in [0.1, 0.15) is 5.82 Å². The van der Waals surface area contributed by atoms with E-state index in [2.05, 4.69) is 62.9 Å².